The van der Waals surface area contributed by atoms with Gasteiger partial charge in [0, 0.05) is 11.3 Å². The van der Waals surface area contributed by atoms with E-state index in [4.69, 9.17) is 5.73 Å². The highest BCUT2D eigenvalue weighted by atomic mass is 32.2. The molecule has 0 radical (unpaired) electrons. The van der Waals surface area contributed by atoms with E-state index in [-0.39, 0.29) is 22.2 Å². The number of benzene rings is 1. The number of nitrogens with two attached hydrogens (primary N) is 1. The average molecular weight is 370 g/mol. The van der Waals surface area contributed by atoms with Crippen molar-refractivity contribution in [3.63, 3.8) is 0 Å². The quantitative estimate of drug-likeness (QED) is 0.427. The molecule has 1 heterocycles. The maximum absolute atomic E-state index is 12.5. The highest BCUT2D eigenvalue weighted by Crippen LogP contribution is 2.29. The second-order valence-electron chi connectivity index (χ2n) is 4.76. The second kappa shape index (κ2) is 7.43. The lowest BCUT2D eigenvalue weighted by Crippen LogP contribution is -2.23. The molecule has 10 heteroatoms. The Labute approximate surface area is 144 Å². The van der Waals surface area contributed by atoms with E-state index in [1.165, 1.54) is 11.8 Å². The fraction of sp³-hybridized carbons (Fsp3) is 0.133. The molecule has 0 saturated carbocycles. The molecule has 0 fully saturated rings. The lowest BCUT2D eigenvalue weighted by Gasteiger charge is -2.09. The number of hydrogen-bond acceptors (Lipinski definition) is 5. The number of H-pyrrole nitrogens is 1. The van der Waals surface area contributed by atoms with Gasteiger partial charge in [-0.25, -0.2) is 4.98 Å². The van der Waals surface area contributed by atoms with Crippen LogP contribution in [-0.4, -0.2) is 21.6 Å². The van der Waals surface area contributed by atoms with Gasteiger partial charge in [-0.3, -0.25) is 14.6 Å². The molecule has 6 nitrogen and oxygen atoms in total. The van der Waals surface area contributed by atoms with Crippen molar-refractivity contribution >= 4 is 29.2 Å². The SMILES string of the molecule is C=CCSc1nc(N)c(NC(=O)c2ccc(C(F)(F)F)cc2)c(=O)[nH]1. The number of hydrogen-bond donors (Lipinski definition) is 3. The molecule has 2 rings (SSSR count). The van der Waals surface area contributed by atoms with Gasteiger partial charge >= 0.3 is 6.18 Å². The number of nitrogens with one attached hydrogen (secondary N) is 2. The zero-order valence-electron chi connectivity index (χ0n) is 12.7. The van der Waals surface area contributed by atoms with E-state index in [1.807, 2.05) is 0 Å². The van der Waals surface area contributed by atoms with Crippen LogP contribution in [0.2, 0.25) is 0 Å². The van der Waals surface area contributed by atoms with Crippen molar-refractivity contribution in [2.45, 2.75) is 11.3 Å². The van der Waals surface area contributed by atoms with E-state index in [1.54, 1.807) is 6.08 Å². The van der Waals surface area contributed by atoms with Crippen molar-refractivity contribution in [3.8, 4) is 0 Å². The summed E-state index contributed by atoms with van der Waals surface area (Å²) in [4.78, 5) is 30.5. The number of carbonyl (C=O) groups is 1. The van der Waals surface area contributed by atoms with Crippen molar-refractivity contribution in [1.29, 1.82) is 0 Å². The number of alkyl halides is 3. The summed E-state index contributed by atoms with van der Waals surface area (Å²) in [5.74, 6) is -0.477. The van der Waals surface area contributed by atoms with Crippen molar-refractivity contribution in [2.24, 2.45) is 0 Å². The minimum Gasteiger partial charge on any atom is -0.382 e. The van der Waals surface area contributed by atoms with Crippen LogP contribution in [0, 0.1) is 0 Å². The summed E-state index contributed by atoms with van der Waals surface area (Å²) < 4.78 is 37.6. The lowest BCUT2D eigenvalue weighted by atomic mass is 10.1. The van der Waals surface area contributed by atoms with Gasteiger partial charge in [-0.15, -0.1) is 6.58 Å². The number of nitrogens with zero attached hydrogens (tertiary/aromatic N) is 1. The molecule has 0 atom stereocenters. The summed E-state index contributed by atoms with van der Waals surface area (Å²) in [6.45, 7) is 3.53. The van der Waals surface area contributed by atoms with E-state index < -0.39 is 23.2 Å². The fourth-order valence-electron chi connectivity index (χ4n) is 1.79. The van der Waals surface area contributed by atoms with Crippen LogP contribution < -0.4 is 16.6 Å². The van der Waals surface area contributed by atoms with Crippen LogP contribution in [0.15, 0.2) is 46.9 Å². The molecule has 0 aliphatic heterocycles. The standard InChI is InChI=1S/C15H13F3N4O2S/c1-2-7-25-14-21-11(19)10(13(24)22-14)20-12(23)8-3-5-9(6-4-8)15(16,17)18/h2-6H,1,7H2,(H,20,23)(H3,19,21,22,24). The maximum atomic E-state index is 12.5. The molecular weight excluding hydrogens is 357 g/mol. The molecule has 0 aliphatic carbocycles. The molecule has 0 spiro atoms. The Hall–Kier alpha value is -2.75. The monoisotopic (exact) mass is 370 g/mol. The highest BCUT2D eigenvalue weighted by molar-refractivity contribution is 7.99. The van der Waals surface area contributed by atoms with Gasteiger partial charge in [0.25, 0.3) is 11.5 Å². The number of nitrogen functional groups attached to an aromatic ring is 1. The third-order valence-electron chi connectivity index (χ3n) is 2.98. The predicted octanol–water partition coefficient (Wildman–Crippen LogP) is 2.90. The smallest absolute Gasteiger partial charge is 0.382 e. The average Bonchev–Trinajstić information content (AvgIpc) is 2.55. The van der Waals surface area contributed by atoms with Crippen molar-refractivity contribution < 1.29 is 18.0 Å². The number of aromatic nitrogens is 2. The summed E-state index contributed by atoms with van der Waals surface area (Å²) in [7, 11) is 0. The van der Waals surface area contributed by atoms with Gasteiger partial charge < -0.3 is 11.1 Å². The first-order valence-corrected chi connectivity index (χ1v) is 7.83. The molecular formula is C15H13F3N4O2S. The van der Waals surface area contributed by atoms with Gasteiger partial charge in [0.1, 0.15) is 5.69 Å². The topological polar surface area (TPSA) is 101 Å². The molecule has 2 aromatic rings. The van der Waals surface area contributed by atoms with E-state index in [0.717, 1.165) is 24.3 Å². The number of rotatable bonds is 5. The molecule has 25 heavy (non-hydrogen) atoms. The Balaban J connectivity index is 2.20. The van der Waals surface area contributed by atoms with Crippen LogP contribution >= 0.6 is 11.8 Å². The van der Waals surface area contributed by atoms with Crippen LogP contribution in [0.1, 0.15) is 15.9 Å². The number of amides is 1. The Morgan fingerprint density at radius 1 is 1.36 bits per heavy atom. The van der Waals surface area contributed by atoms with E-state index in [2.05, 4.69) is 21.9 Å². The Bertz CT molecular complexity index is 847. The molecule has 0 saturated heterocycles. The number of anilines is 2. The van der Waals surface area contributed by atoms with Crippen LogP contribution in [0.5, 0.6) is 0 Å². The minimum absolute atomic E-state index is 0.0584. The molecule has 1 aromatic heterocycles. The van der Waals surface area contributed by atoms with Crippen LogP contribution in [0.4, 0.5) is 24.7 Å². The third kappa shape index (κ3) is 4.63. The predicted molar refractivity (Wildman–Crippen MR) is 89.6 cm³/mol. The number of aromatic amines is 1. The fourth-order valence-corrected chi connectivity index (χ4v) is 2.40. The summed E-state index contributed by atoms with van der Waals surface area (Å²) in [5, 5.41) is 2.51. The van der Waals surface area contributed by atoms with E-state index in [9.17, 15) is 22.8 Å². The van der Waals surface area contributed by atoms with Crippen molar-refractivity contribution in [1.82, 2.24) is 9.97 Å². The first-order valence-electron chi connectivity index (χ1n) is 6.84. The molecule has 1 amide bonds. The lowest BCUT2D eigenvalue weighted by molar-refractivity contribution is -0.137. The van der Waals surface area contributed by atoms with E-state index >= 15 is 0 Å². The zero-order valence-corrected chi connectivity index (χ0v) is 13.5. The first kappa shape index (κ1) is 18.6. The van der Waals surface area contributed by atoms with Crippen molar-refractivity contribution in [2.75, 3.05) is 16.8 Å². The van der Waals surface area contributed by atoms with Gasteiger partial charge in [0.15, 0.2) is 11.0 Å². The Morgan fingerprint density at radius 2 is 2.00 bits per heavy atom. The Morgan fingerprint density at radius 3 is 2.52 bits per heavy atom. The van der Waals surface area contributed by atoms with E-state index in [0.29, 0.717) is 5.75 Å². The molecule has 0 unspecified atom stereocenters. The number of carbonyl (C=O) groups excluding carboxylic acids is 1. The third-order valence-corrected chi connectivity index (χ3v) is 3.85. The van der Waals surface area contributed by atoms with Crippen molar-refractivity contribution in [3.05, 3.63) is 58.4 Å². The van der Waals surface area contributed by atoms with Crippen LogP contribution in [0.3, 0.4) is 0 Å². The molecule has 0 bridgehead atoms. The molecule has 4 N–H and O–H groups in total. The number of halogens is 3. The summed E-state index contributed by atoms with van der Waals surface area (Å²) in [6.07, 6.45) is -2.89. The molecule has 0 aliphatic rings. The number of thioether (sulfide) groups is 1. The summed E-state index contributed by atoms with van der Waals surface area (Å²) >= 11 is 1.19. The normalized spacial score (nSPS) is 11.2. The maximum Gasteiger partial charge on any atom is 0.416 e. The largest absolute Gasteiger partial charge is 0.416 e. The summed E-state index contributed by atoms with van der Waals surface area (Å²) in [6, 6.07) is 3.56. The first-order chi connectivity index (χ1) is 11.7. The highest BCUT2D eigenvalue weighted by Gasteiger charge is 2.30. The van der Waals surface area contributed by atoms with Gasteiger partial charge in [0.05, 0.1) is 5.56 Å². The minimum atomic E-state index is -4.50. The zero-order chi connectivity index (χ0) is 18.6. The van der Waals surface area contributed by atoms with Gasteiger partial charge in [-0.2, -0.15) is 13.2 Å². The van der Waals surface area contributed by atoms with Crippen LogP contribution in [-0.2, 0) is 6.18 Å². The van der Waals surface area contributed by atoms with Gasteiger partial charge in [0.2, 0.25) is 0 Å². The molecule has 132 valence electrons. The van der Waals surface area contributed by atoms with Crippen LogP contribution in [0.25, 0.3) is 0 Å². The molecule has 1 aromatic carbocycles. The Kier molecular flexibility index (Phi) is 5.52. The summed E-state index contributed by atoms with van der Waals surface area (Å²) in [5.41, 5.74) is 3.79. The van der Waals surface area contributed by atoms with Gasteiger partial charge in [-0.1, -0.05) is 17.8 Å². The van der Waals surface area contributed by atoms with Gasteiger partial charge in [-0.05, 0) is 24.3 Å². The second-order valence-corrected chi connectivity index (χ2v) is 5.77.